The number of nitrogen functional groups attached to an aromatic ring is 1. The number of nitrogens with two attached hydrogens (primary N) is 1. The van der Waals surface area contributed by atoms with Gasteiger partial charge in [-0.2, -0.15) is 23.1 Å². The lowest BCUT2D eigenvalue weighted by Gasteiger charge is -2.39. The number of anilines is 2. The molecular weight excluding hydrogens is 695 g/mol. The van der Waals surface area contributed by atoms with Crippen LogP contribution in [0.15, 0.2) is 59.1 Å². The van der Waals surface area contributed by atoms with Crippen LogP contribution in [0.1, 0.15) is 43.4 Å². The molecule has 1 amide bonds. The third kappa shape index (κ3) is 7.77. The number of likely N-dealkylation sites (tertiary alicyclic amines) is 1. The predicted molar refractivity (Wildman–Crippen MR) is 167 cm³/mol. The summed E-state index contributed by atoms with van der Waals surface area (Å²) >= 11 is 9.06. The molecule has 0 saturated carbocycles. The second-order valence-electron chi connectivity index (χ2n) is 11.3. The molecule has 2 atom stereocenters. The van der Waals surface area contributed by atoms with Crippen LogP contribution in [0, 0.1) is 5.41 Å². The molecule has 2 fully saturated rings. The van der Waals surface area contributed by atoms with Crippen molar-refractivity contribution in [1.29, 1.82) is 0 Å². The number of ether oxygens (including phenoxy) is 3. The Labute approximate surface area is 277 Å². The smallest absolute Gasteiger partial charge is 0.429 e. The first-order valence-electron chi connectivity index (χ1n) is 14.6. The Morgan fingerprint density at radius 1 is 1.11 bits per heavy atom. The lowest BCUT2D eigenvalue weighted by Crippen LogP contribution is -2.43. The molecule has 3 heterocycles. The lowest BCUT2D eigenvalue weighted by atomic mass is 9.76. The van der Waals surface area contributed by atoms with E-state index in [4.69, 9.17) is 31.5 Å². The fourth-order valence-electron chi connectivity index (χ4n) is 5.87. The molecule has 2 aliphatic rings. The number of hydrogen-bond donors (Lipinski definition) is 1. The highest BCUT2D eigenvalue weighted by Gasteiger charge is 2.51. The number of hydrogen-bond acceptors (Lipinski definition) is 9. The standard InChI is InChI=1S/C31H32BrClF3N5O5/c1-2-44-27(42)23-16-30(18-41(23)29(43)45-17-19-6-4-3-5-7-19)10-12-40(13-11-30)24-15-25(39-28(37)38-24)46-26(31(34,35)36)21-9-8-20(33)14-22(21)32/h3-9,14-15,23,26H,2,10-13,16-18H2,1H3,(H2,37,38,39)/t23-,26?/m1/s1. The van der Waals surface area contributed by atoms with Gasteiger partial charge in [-0.25, -0.2) is 9.59 Å². The first-order chi connectivity index (χ1) is 21.9. The van der Waals surface area contributed by atoms with Crippen molar-refractivity contribution < 1.29 is 37.0 Å². The number of aromatic nitrogens is 2. The number of alkyl halides is 3. The van der Waals surface area contributed by atoms with E-state index in [1.165, 1.54) is 29.2 Å². The Kier molecular flexibility index (Phi) is 10.2. The van der Waals surface area contributed by atoms with E-state index in [1.807, 2.05) is 35.2 Å². The molecule has 2 aromatic carbocycles. The minimum absolute atomic E-state index is 0.0657. The van der Waals surface area contributed by atoms with Crippen molar-refractivity contribution in [2.45, 2.75) is 51.1 Å². The zero-order chi connectivity index (χ0) is 33.1. The maximum atomic E-state index is 14.1. The van der Waals surface area contributed by atoms with Gasteiger partial charge in [0.15, 0.2) is 0 Å². The molecule has 246 valence electrons. The van der Waals surface area contributed by atoms with E-state index >= 15 is 0 Å². The van der Waals surface area contributed by atoms with Crippen LogP contribution in [0.5, 0.6) is 5.88 Å². The van der Waals surface area contributed by atoms with Crippen molar-refractivity contribution >= 4 is 51.4 Å². The van der Waals surface area contributed by atoms with Crippen LogP contribution in [-0.2, 0) is 20.9 Å². The van der Waals surface area contributed by atoms with Gasteiger partial charge in [0.05, 0.1) is 6.61 Å². The van der Waals surface area contributed by atoms with Crippen molar-refractivity contribution in [1.82, 2.24) is 14.9 Å². The number of halogens is 5. The van der Waals surface area contributed by atoms with E-state index in [0.29, 0.717) is 44.7 Å². The van der Waals surface area contributed by atoms with Gasteiger partial charge in [-0.15, -0.1) is 0 Å². The molecule has 2 saturated heterocycles. The molecule has 15 heteroatoms. The Balaban J connectivity index is 1.29. The highest BCUT2D eigenvalue weighted by atomic mass is 79.9. The number of nitrogens with zero attached hydrogens (tertiary/aromatic N) is 4. The Morgan fingerprint density at radius 2 is 1.83 bits per heavy atom. The molecule has 10 nitrogen and oxygen atoms in total. The van der Waals surface area contributed by atoms with Gasteiger partial charge in [-0.1, -0.05) is 63.9 Å². The predicted octanol–water partition coefficient (Wildman–Crippen LogP) is 6.72. The fraction of sp³-hybridized carbons (Fsp3) is 0.419. The molecule has 2 N–H and O–H groups in total. The number of rotatable bonds is 8. The van der Waals surface area contributed by atoms with E-state index in [2.05, 4.69) is 25.9 Å². The summed E-state index contributed by atoms with van der Waals surface area (Å²) in [6.07, 6.45) is -6.21. The first kappa shape index (κ1) is 33.6. The van der Waals surface area contributed by atoms with Crippen molar-refractivity contribution in [3.63, 3.8) is 0 Å². The number of piperidine rings is 1. The summed E-state index contributed by atoms with van der Waals surface area (Å²) in [6, 6.07) is 13.7. The van der Waals surface area contributed by atoms with E-state index in [-0.39, 0.29) is 40.1 Å². The molecule has 0 radical (unpaired) electrons. The molecule has 1 spiro atoms. The normalized spacial score (nSPS) is 18.3. The molecule has 1 unspecified atom stereocenters. The van der Waals surface area contributed by atoms with Crippen LogP contribution in [0.3, 0.4) is 0 Å². The van der Waals surface area contributed by atoms with Crippen molar-refractivity contribution in [3.05, 3.63) is 75.2 Å². The summed E-state index contributed by atoms with van der Waals surface area (Å²) in [6.45, 7) is 3.10. The minimum Gasteiger partial charge on any atom is -0.464 e. The maximum absolute atomic E-state index is 14.1. The van der Waals surface area contributed by atoms with E-state index in [0.717, 1.165) is 5.56 Å². The molecular formula is C31H32BrClF3N5O5. The number of carbonyl (C=O) groups excluding carboxylic acids is 2. The fourth-order valence-corrected chi connectivity index (χ4v) is 6.76. The second-order valence-corrected chi connectivity index (χ2v) is 12.5. The zero-order valence-corrected chi connectivity index (χ0v) is 27.1. The van der Waals surface area contributed by atoms with Crippen LogP contribution >= 0.6 is 27.5 Å². The summed E-state index contributed by atoms with van der Waals surface area (Å²) in [7, 11) is 0. The largest absolute Gasteiger partial charge is 0.464 e. The summed E-state index contributed by atoms with van der Waals surface area (Å²) in [5.74, 6) is -0.787. The van der Waals surface area contributed by atoms with Crippen molar-refractivity contribution in [3.8, 4) is 5.88 Å². The van der Waals surface area contributed by atoms with Gasteiger partial charge in [-0.05, 0) is 49.3 Å². The van der Waals surface area contributed by atoms with Crippen LogP contribution < -0.4 is 15.4 Å². The summed E-state index contributed by atoms with van der Waals surface area (Å²) in [5.41, 5.74) is 6.15. The Bertz CT molecular complexity index is 1560. The van der Waals surface area contributed by atoms with E-state index in [9.17, 15) is 22.8 Å². The highest BCUT2D eigenvalue weighted by Crippen LogP contribution is 2.45. The van der Waals surface area contributed by atoms with E-state index < -0.39 is 35.8 Å². The van der Waals surface area contributed by atoms with E-state index in [1.54, 1.807) is 6.92 Å². The summed E-state index contributed by atoms with van der Waals surface area (Å²) < 4.78 is 58.7. The summed E-state index contributed by atoms with van der Waals surface area (Å²) in [5, 5.41) is 0.260. The van der Waals surface area contributed by atoms with Gasteiger partial charge in [0.2, 0.25) is 17.9 Å². The number of benzene rings is 2. The van der Waals surface area contributed by atoms with Crippen LogP contribution in [-0.4, -0.2) is 65.4 Å². The minimum atomic E-state index is -4.78. The number of amides is 1. The third-order valence-electron chi connectivity index (χ3n) is 8.14. The lowest BCUT2D eigenvalue weighted by molar-refractivity contribution is -0.198. The maximum Gasteiger partial charge on any atom is 0.429 e. The Morgan fingerprint density at radius 3 is 2.48 bits per heavy atom. The molecule has 5 rings (SSSR count). The zero-order valence-electron chi connectivity index (χ0n) is 24.8. The van der Waals surface area contributed by atoms with Crippen LogP contribution in [0.2, 0.25) is 5.02 Å². The van der Waals surface area contributed by atoms with Gasteiger partial charge in [0, 0.05) is 40.8 Å². The second kappa shape index (κ2) is 13.9. The average molecular weight is 727 g/mol. The number of esters is 1. The van der Waals surface area contributed by atoms with Gasteiger partial charge in [-0.3, -0.25) is 4.90 Å². The van der Waals surface area contributed by atoms with Gasteiger partial charge < -0.3 is 24.8 Å². The van der Waals surface area contributed by atoms with Gasteiger partial charge >= 0.3 is 18.2 Å². The molecule has 3 aromatic rings. The first-order valence-corrected chi connectivity index (χ1v) is 15.8. The topological polar surface area (TPSA) is 120 Å². The van der Waals surface area contributed by atoms with Crippen molar-refractivity contribution in [2.24, 2.45) is 5.41 Å². The summed E-state index contributed by atoms with van der Waals surface area (Å²) in [4.78, 5) is 37.5. The number of carbonyl (C=O) groups is 2. The van der Waals surface area contributed by atoms with Gasteiger partial charge in [0.25, 0.3) is 0 Å². The quantitative estimate of drug-likeness (QED) is 0.253. The molecule has 0 bridgehead atoms. The molecule has 1 aromatic heterocycles. The Hall–Kier alpha value is -3.78. The third-order valence-corrected chi connectivity index (χ3v) is 9.06. The molecule has 46 heavy (non-hydrogen) atoms. The molecule has 0 aliphatic carbocycles. The average Bonchev–Trinajstić information content (AvgIpc) is 3.38. The van der Waals surface area contributed by atoms with Crippen molar-refractivity contribution in [2.75, 3.05) is 36.9 Å². The van der Waals surface area contributed by atoms with Crippen LogP contribution in [0.4, 0.5) is 29.7 Å². The highest BCUT2D eigenvalue weighted by molar-refractivity contribution is 9.10. The van der Waals surface area contributed by atoms with Gasteiger partial charge in [0.1, 0.15) is 18.5 Å². The monoisotopic (exact) mass is 725 g/mol. The van der Waals surface area contributed by atoms with Crippen LogP contribution in [0.25, 0.3) is 0 Å². The molecule has 2 aliphatic heterocycles. The SMILES string of the molecule is CCOC(=O)[C@H]1CC2(CCN(c3cc(OC(c4ccc(Cl)cc4Br)C(F)(F)F)nc(N)n3)CC2)CN1C(=O)OCc1ccccc1.